The van der Waals surface area contributed by atoms with E-state index in [1.54, 1.807) is 12.2 Å². The van der Waals surface area contributed by atoms with Gasteiger partial charge in [0.25, 0.3) is 0 Å². The van der Waals surface area contributed by atoms with E-state index in [-0.39, 0.29) is 0 Å². The van der Waals surface area contributed by atoms with Gasteiger partial charge < -0.3 is 0 Å². The number of hydrogen-bond acceptors (Lipinski definition) is 4. The number of benzene rings is 4. The zero-order valence-electron chi connectivity index (χ0n) is 17.0. The molecular weight excluding hydrogens is 396 g/mol. The molecule has 0 N–H and O–H groups in total. The van der Waals surface area contributed by atoms with Crippen molar-refractivity contribution in [3.8, 4) is 11.1 Å². The van der Waals surface area contributed by atoms with E-state index < -0.39 is 6.04 Å². The molecule has 32 heavy (non-hydrogen) atoms. The van der Waals surface area contributed by atoms with Gasteiger partial charge >= 0.3 is 0 Å². The van der Waals surface area contributed by atoms with Crippen molar-refractivity contribution in [1.29, 1.82) is 0 Å². The lowest BCUT2D eigenvalue weighted by atomic mass is 9.81. The molecule has 1 unspecified atom stereocenters. The monoisotopic (exact) mass is 412 g/mol. The van der Waals surface area contributed by atoms with E-state index in [2.05, 4.69) is 64.6 Å². The summed E-state index contributed by atoms with van der Waals surface area (Å²) in [4.78, 5) is 30.1. The largest absolute Gasteiger partial charge is 0.240 e. The summed E-state index contributed by atoms with van der Waals surface area (Å²) in [7, 11) is 0. The highest BCUT2D eigenvalue weighted by atomic mass is 16.1. The van der Waals surface area contributed by atoms with Gasteiger partial charge in [0.1, 0.15) is 6.04 Å². The molecule has 1 atom stereocenters. The second-order valence-corrected chi connectivity index (χ2v) is 8.02. The molecule has 0 bridgehead atoms. The van der Waals surface area contributed by atoms with E-state index in [9.17, 15) is 9.59 Å². The van der Waals surface area contributed by atoms with Crippen LogP contribution in [-0.4, -0.2) is 12.2 Å². The molecule has 0 radical (unpaired) electrons. The normalized spacial score (nSPS) is 15.8. The van der Waals surface area contributed by atoms with Crippen molar-refractivity contribution in [3.05, 3.63) is 94.7 Å². The van der Waals surface area contributed by atoms with Crippen LogP contribution in [0.15, 0.2) is 82.4 Å². The van der Waals surface area contributed by atoms with E-state index in [0.717, 1.165) is 39.4 Å². The Morgan fingerprint density at radius 3 is 2.31 bits per heavy atom. The van der Waals surface area contributed by atoms with Crippen LogP contribution in [0, 0.1) is 0 Å². The standard InChI is InChI=1S/C28H16N2O2/c31-15-29-25-14-24-21(13-11-19-7-3-9-23(27(19)24)28(25)30-16-32)20-12-10-18-5-1-4-17-6-2-8-22(20)26(17)18/h1-5,7-14,28H,6H2. The number of nitrogens with zero attached hydrogens (tertiary/aromatic N) is 2. The first-order valence-electron chi connectivity index (χ1n) is 10.4. The number of aliphatic imine (C=N–C) groups is 2. The van der Waals surface area contributed by atoms with E-state index in [4.69, 9.17) is 0 Å². The quantitative estimate of drug-likeness (QED) is 0.293. The molecule has 4 nitrogen and oxygen atoms in total. The lowest BCUT2D eigenvalue weighted by Gasteiger charge is -2.24. The Hall–Kier alpha value is -4.36. The lowest BCUT2D eigenvalue weighted by molar-refractivity contribution is 0.558. The molecule has 0 saturated carbocycles. The third-order valence-corrected chi connectivity index (χ3v) is 6.43. The van der Waals surface area contributed by atoms with Crippen LogP contribution in [0.25, 0.3) is 44.8 Å². The second kappa shape index (κ2) is 7.11. The van der Waals surface area contributed by atoms with Crippen molar-refractivity contribution in [2.24, 2.45) is 9.98 Å². The molecule has 0 saturated heterocycles. The van der Waals surface area contributed by atoms with Crippen LogP contribution in [0.4, 0.5) is 0 Å². The highest BCUT2D eigenvalue weighted by Crippen LogP contribution is 2.45. The van der Waals surface area contributed by atoms with Gasteiger partial charge in [-0.2, -0.15) is 9.98 Å². The van der Waals surface area contributed by atoms with E-state index >= 15 is 0 Å². The first-order chi connectivity index (χ1) is 15.8. The Bertz CT molecular complexity index is 1610. The average Bonchev–Trinajstić information content (AvgIpc) is 2.83. The fourth-order valence-corrected chi connectivity index (χ4v) is 5.14. The number of carbonyl (C=O) groups excluding carboxylic acids is 2. The molecule has 0 fully saturated rings. The van der Waals surface area contributed by atoms with Crippen molar-refractivity contribution >= 4 is 45.9 Å². The van der Waals surface area contributed by atoms with Gasteiger partial charge in [0.2, 0.25) is 12.2 Å². The van der Waals surface area contributed by atoms with E-state index in [0.29, 0.717) is 5.70 Å². The van der Waals surface area contributed by atoms with Crippen molar-refractivity contribution in [3.63, 3.8) is 0 Å². The van der Waals surface area contributed by atoms with Crippen LogP contribution in [0.3, 0.4) is 0 Å². The molecule has 150 valence electrons. The van der Waals surface area contributed by atoms with Gasteiger partial charge in [-0.25, -0.2) is 9.59 Å². The minimum absolute atomic E-state index is 0.390. The summed E-state index contributed by atoms with van der Waals surface area (Å²) >= 11 is 0. The predicted molar refractivity (Wildman–Crippen MR) is 127 cm³/mol. The number of hydrogen-bond donors (Lipinski definition) is 0. The Morgan fingerprint density at radius 2 is 1.53 bits per heavy atom. The molecule has 2 aliphatic rings. The highest BCUT2D eigenvalue weighted by Gasteiger charge is 2.27. The summed E-state index contributed by atoms with van der Waals surface area (Å²) in [6.45, 7) is 0. The third kappa shape index (κ3) is 2.58. The summed E-state index contributed by atoms with van der Waals surface area (Å²) in [5.41, 5.74) is 6.88. The topological polar surface area (TPSA) is 58.9 Å². The minimum atomic E-state index is -0.665. The first kappa shape index (κ1) is 18.4. The predicted octanol–water partition coefficient (Wildman–Crippen LogP) is 6.30. The fourth-order valence-electron chi connectivity index (χ4n) is 5.14. The van der Waals surface area contributed by atoms with Crippen LogP contribution in [0.1, 0.15) is 28.3 Å². The lowest BCUT2D eigenvalue weighted by Crippen LogP contribution is -2.06. The first-order valence-corrected chi connectivity index (χ1v) is 10.4. The Labute approximate surface area is 183 Å². The summed E-state index contributed by atoms with van der Waals surface area (Å²) in [5, 5.41) is 4.56. The molecule has 0 aliphatic heterocycles. The van der Waals surface area contributed by atoms with Gasteiger partial charge in [-0.15, -0.1) is 0 Å². The molecule has 6 rings (SSSR count). The summed E-state index contributed by atoms with van der Waals surface area (Å²) in [6.07, 6.45) is 10.4. The molecule has 0 aromatic heterocycles. The van der Waals surface area contributed by atoms with E-state index in [1.165, 1.54) is 21.9 Å². The maximum atomic E-state index is 11.1. The molecule has 2 aliphatic carbocycles. The Kier molecular flexibility index (Phi) is 4.09. The third-order valence-electron chi connectivity index (χ3n) is 6.43. The molecule has 4 aromatic carbocycles. The maximum absolute atomic E-state index is 11.1. The van der Waals surface area contributed by atoms with Gasteiger partial charge in [-0.05, 0) is 67.4 Å². The molecule has 0 heterocycles. The summed E-state index contributed by atoms with van der Waals surface area (Å²) < 4.78 is 0. The van der Waals surface area contributed by atoms with Crippen LogP contribution < -0.4 is 0 Å². The highest BCUT2D eigenvalue weighted by molar-refractivity contribution is 6.06. The zero-order chi connectivity index (χ0) is 21.7. The summed E-state index contributed by atoms with van der Waals surface area (Å²) in [5.74, 6) is 0. The van der Waals surface area contributed by atoms with Crippen LogP contribution in [-0.2, 0) is 16.0 Å². The van der Waals surface area contributed by atoms with Crippen LogP contribution >= 0.6 is 0 Å². The van der Waals surface area contributed by atoms with Gasteiger partial charge in [0.05, 0.1) is 5.70 Å². The molecule has 4 aromatic rings. The number of isocyanates is 2. The average molecular weight is 412 g/mol. The Morgan fingerprint density at radius 1 is 0.781 bits per heavy atom. The van der Waals surface area contributed by atoms with Gasteiger partial charge in [-0.3, -0.25) is 0 Å². The van der Waals surface area contributed by atoms with Crippen molar-refractivity contribution in [1.82, 2.24) is 0 Å². The van der Waals surface area contributed by atoms with Crippen molar-refractivity contribution < 1.29 is 9.59 Å². The molecule has 4 heteroatoms. The SMILES string of the molecule is O=C=NC1=Cc2c(-c3ccc4cccc5c4c3C=CC5)ccc3cccc(c23)C1N=C=O. The number of rotatable bonds is 3. The van der Waals surface area contributed by atoms with Gasteiger partial charge in [0.15, 0.2) is 0 Å². The minimum Gasteiger partial charge on any atom is -0.211 e. The zero-order valence-corrected chi connectivity index (χ0v) is 17.0. The van der Waals surface area contributed by atoms with E-state index in [1.807, 2.05) is 24.3 Å². The smallest absolute Gasteiger partial charge is 0.211 e. The molecule has 0 amide bonds. The van der Waals surface area contributed by atoms with Gasteiger partial charge in [-0.1, -0.05) is 72.8 Å². The fraction of sp³-hybridized carbons (Fsp3) is 0.0714. The van der Waals surface area contributed by atoms with Crippen molar-refractivity contribution in [2.45, 2.75) is 12.5 Å². The number of allylic oxidation sites excluding steroid dienone is 1. The molecule has 0 spiro atoms. The van der Waals surface area contributed by atoms with Crippen LogP contribution in [0.5, 0.6) is 0 Å². The van der Waals surface area contributed by atoms with Gasteiger partial charge in [0, 0.05) is 0 Å². The Balaban J connectivity index is 1.73. The van der Waals surface area contributed by atoms with Crippen LogP contribution in [0.2, 0.25) is 0 Å². The maximum Gasteiger partial charge on any atom is 0.240 e. The second-order valence-electron chi connectivity index (χ2n) is 8.02. The van der Waals surface area contributed by atoms with Crippen molar-refractivity contribution in [2.75, 3.05) is 0 Å². The summed E-state index contributed by atoms with van der Waals surface area (Å²) in [6, 6.07) is 20.2. The molecular formula is C28H16N2O2.